The van der Waals surface area contributed by atoms with Crippen molar-refractivity contribution in [2.24, 2.45) is 0 Å². The van der Waals surface area contributed by atoms with Crippen molar-refractivity contribution in [3.8, 4) is 0 Å². The molecule has 1 saturated heterocycles. The van der Waals surface area contributed by atoms with Crippen LogP contribution >= 0.6 is 0 Å². The first-order chi connectivity index (χ1) is 14.6. The number of likely N-dealkylation sites (N-methyl/N-ethyl adjacent to an activating group) is 1. The quantitative estimate of drug-likeness (QED) is 0.523. The molecule has 30 heavy (non-hydrogen) atoms. The molecule has 3 aromatic rings. The largest absolute Gasteiger partial charge is 0.465 e. The van der Waals surface area contributed by atoms with Crippen LogP contribution in [0.1, 0.15) is 17.3 Å². The molecule has 158 valence electrons. The van der Waals surface area contributed by atoms with E-state index in [1.54, 1.807) is 6.26 Å². The predicted molar refractivity (Wildman–Crippen MR) is 119 cm³/mol. The average Bonchev–Trinajstić information content (AvgIpc) is 3.40. The smallest absolute Gasteiger partial charge is 0.156 e. The average molecular weight is 409 g/mol. The molecule has 9 heteroatoms. The number of hydrogen-bond acceptors (Lipinski definition) is 8. The molecule has 0 aliphatic carbocycles. The van der Waals surface area contributed by atoms with Crippen molar-refractivity contribution < 1.29 is 4.42 Å². The second-order valence-electron chi connectivity index (χ2n) is 7.48. The molecule has 1 aliphatic rings. The van der Waals surface area contributed by atoms with E-state index in [4.69, 9.17) is 4.42 Å². The lowest BCUT2D eigenvalue weighted by molar-refractivity contribution is 0.158. The maximum absolute atomic E-state index is 5.36. The van der Waals surface area contributed by atoms with E-state index in [2.05, 4.69) is 47.6 Å². The lowest BCUT2D eigenvalue weighted by Gasteiger charge is -2.32. The van der Waals surface area contributed by atoms with Crippen LogP contribution in [0, 0.1) is 6.92 Å². The van der Waals surface area contributed by atoms with Crippen LogP contribution in [0.25, 0.3) is 12.2 Å². The van der Waals surface area contributed by atoms with Gasteiger partial charge in [-0.2, -0.15) is 5.10 Å². The zero-order valence-electron chi connectivity index (χ0n) is 17.4. The Bertz CT molecular complexity index is 957. The summed E-state index contributed by atoms with van der Waals surface area (Å²) in [4.78, 5) is 14.0. The SMILES string of the molecule is Cc1cc(Nc2cc(NCCN3CCN(C)CC3)nc(/C=C/c3ccco3)n2)n[nH]1. The monoisotopic (exact) mass is 408 g/mol. The van der Waals surface area contributed by atoms with Crippen molar-refractivity contribution in [2.45, 2.75) is 6.92 Å². The molecule has 0 atom stereocenters. The van der Waals surface area contributed by atoms with Crippen LogP contribution in [0.4, 0.5) is 17.5 Å². The van der Waals surface area contributed by atoms with E-state index in [1.165, 1.54) is 0 Å². The molecular formula is C21H28N8O. The molecule has 0 bridgehead atoms. The highest BCUT2D eigenvalue weighted by Gasteiger charge is 2.13. The Morgan fingerprint density at radius 3 is 2.67 bits per heavy atom. The minimum absolute atomic E-state index is 0.589. The van der Waals surface area contributed by atoms with Gasteiger partial charge in [0.2, 0.25) is 0 Å². The predicted octanol–water partition coefficient (Wildman–Crippen LogP) is 2.67. The van der Waals surface area contributed by atoms with Gasteiger partial charge in [-0.1, -0.05) is 0 Å². The zero-order valence-corrected chi connectivity index (χ0v) is 17.4. The summed E-state index contributed by atoms with van der Waals surface area (Å²) in [6.45, 7) is 8.20. The van der Waals surface area contributed by atoms with Gasteiger partial charge in [0.05, 0.1) is 6.26 Å². The minimum Gasteiger partial charge on any atom is -0.465 e. The van der Waals surface area contributed by atoms with Crippen molar-refractivity contribution >= 4 is 29.6 Å². The molecule has 1 fully saturated rings. The van der Waals surface area contributed by atoms with Gasteiger partial charge in [-0.05, 0) is 38.3 Å². The Morgan fingerprint density at radius 2 is 1.93 bits per heavy atom. The standard InChI is InChI=1S/C21H28N8O/c1-16-14-21(27-26-16)25-20-15-19(22-7-8-29-11-9-28(2)10-12-29)23-18(24-20)6-5-17-4-3-13-30-17/h3-6,13-15H,7-12H2,1-2H3,(H3,22,23,24,25,26,27)/b6-5+. The Labute approximate surface area is 176 Å². The minimum atomic E-state index is 0.589. The Kier molecular flexibility index (Phi) is 6.41. The Morgan fingerprint density at radius 1 is 1.10 bits per heavy atom. The summed E-state index contributed by atoms with van der Waals surface area (Å²) in [6.07, 6.45) is 5.33. The van der Waals surface area contributed by atoms with E-state index < -0.39 is 0 Å². The zero-order chi connectivity index (χ0) is 20.8. The van der Waals surface area contributed by atoms with Gasteiger partial charge in [-0.25, -0.2) is 9.97 Å². The number of anilines is 3. The number of piperazine rings is 1. The van der Waals surface area contributed by atoms with E-state index in [9.17, 15) is 0 Å². The van der Waals surface area contributed by atoms with E-state index in [-0.39, 0.29) is 0 Å². The van der Waals surface area contributed by atoms with Crippen LogP contribution in [-0.4, -0.2) is 76.3 Å². The first-order valence-corrected chi connectivity index (χ1v) is 10.2. The third kappa shape index (κ3) is 5.68. The molecule has 0 unspecified atom stereocenters. The van der Waals surface area contributed by atoms with Crippen LogP contribution < -0.4 is 10.6 Å². The third-order valence-corrected chi connectivity index (χ3v) is 4.98. The number of hydrogen-bond donors (Lipinski definition) is 3. The van der Waals surface area contributed by atoms with Crippen molar-refractivity contribution in [2.75, 3.05) is 56.9 Å². The van der Waals surface area contributed by atoms with Gasteiger partial charge < -0.3 is 20.0 Å². The number of aryl methyl sites for hydroxylation is 1. The summed E-state index contributed by atoms with van der Waals surface area (Å²) in [6, 6.07) is 7.57. The Balaban J connectivity index is 1.44. The molecule has 0 amide bonds. The molecule has 0 radical (unpaired) electrons. The van der Waals surface area contributed by atoms with E-state index >= 15 is 0 Å². The number of H-pyrrole nitrogens is 1. The molecule has 0 aromatic carbocycles. The van der Waals surface area contributed by atoms with Gasteiger partial charge in [0.1, 0.15) is 17.4 Å². The molecule has 4 heterocycles. The fourth-order valence-corrected chi connectivity index (χ4v) is 3.26. The lowest BCUT2D eigenvalue weighted by atomic mass is 10.3. The fourth-order valence-electron chi connectivity index (χ4n) is 3.26. The van der Waals surface area contributed by atoms with Crippen LogP contribution in [0.3, 0.4) is 0 Å². The summed E-state index contributed by atoms with van der Waals surface area (Å²) >= 11 is 0. The molecule has 4 rings (SSSR count). The number of rotatable bonds is 8. The summed E-state index contributed by atoms with van der Waals surface area (Å²) in [7, 11) is 2.17. The number of furan rings is 1. The highest BCUT2D eigenvalue weighted by molar-refractivity contribution is 5.66. The fraction of sp³-hybridized carbons (Fsp3) is 0.381. The van der Waals surface area contributed by atoms with Crippen molar-refractivity contribution in [3.63, 3.8) is 0 Å². The van der Waals surface area contributed by atoms with E-state index in [0.29, 0.717) is 11.6 Å². The van der Waals surface area contributed by atoms with Gasteiger partial charge >= 0.3 is 0 Å². The molecule has 1 aliphatic heterocycles. The van der Waals surface area contributed by atoms with Crippen LogP contribution in [0.2, 0.25) is 0 Å². The molecule has 0 spiro atoms. The van der Waals surface area contributed by atoms with Crippen LogP contribution in [-0.2, 0) is 0 Å². The summed E-state index contributed by atoms with van der Waals surface area (Å²) in [5, 5.41) is 13.8. The normalized spacial score (nSPS) is 15.7. The Hall–Kier alpha value is -3.17. The van der Waals surface area contributed by atoms with Gasteiger partial charge in [-0.3, -0.25) is 10.00 Å². The number of aromatic nitrogens is 4. The van der Waals surface area contributed by atoms with Crippen molar-refractivity contribution in [1.82, 2.24) is 30.0 Å². The number of nitrogens with zero attached hydrogens (tertiary/aromatic N) is 5. The number of aromatic amines is 1. The first-order valence-electron chi connectivity index (χ1n) is 10.2. The highest BCUT2D eigenvalue weighted by atomic mass is 16.3. The first kappa shape index (κ1) is 20.1. The molecule has 0 saturated carbocycles. The molecular weight excluding hydrogens is 380 g/mol. The maximum Gasteiger partial charge on any atom is 0.156 e. The third-order valence-electron chi connectivity index (χ3n) is 4.98. The summed E-state index contributed by atoms with van der Waals surface area (Å²) in [5.74, 6) is 3.51. The van der Waals surface area contributed by atoms with E-state index in [0.717, 1.165) is 62.4 Å². The van der Waals surface area contributed by atoms with Crippen LogP contribution in [0.5, 0.6) is 0 Å². The van der Waals surface area contributed by atoms with Gasteiger partial charge in [0.15, 0.2) is 11.6 Å². The highest BCUT2D eigenvalue weighted by Crippen LogP contribution is 2.18. The summed E-state index contributed by atoms with van der Waals surface area (Å²) in [5.41, 5.74) is 0.981. The number of nitrogens with one attached hydrogen (secondary N) is 3. The van der Waals surface area contributed by atoms with Crippen molar-refractivity contribution in [1.29, 1.82) is 0 Å². The molecule has 3 N–H and O–H groups in total. The lowest BCUT2D eigenvalue weighted by Crippen LogP contribution is -2.45. The topological polar surface area (TPSA) is 98.1 Å². The van der Waals surface area contributed by atoms with Gasteiger partial charge in [0, 0.05) is 57.1 Å². The second kappa shape index (κ2) is 9.55. The molecule has 9 nitrogen and oxygen atoms in total. The van der Waals surface area contributed by atoms with E-state index in [1.807, 2.05) is 43.3 Å². The van der Waals surface area contributed by atoms with Crippen molar-refractivity contribution in [3.05, 3.63) is 47.8 Å². The second-order valence-corrected chi connectivity index (χ2v) is 7.48. The van der Waals surface area contributed by atoms with Gasteiger partial charge in [-0.15, -0.1) is 0 Å². The van der Waals surface area contributed by atoms with Gasteiger partial charge in [0.25, 0.3) is 0 Å². The maximum atomic E-state index is 5.36. The molecule has 3 aromatic heterocycles. The van der Waals surface area contributed by atoms with Crippen LogP contribution in [0.15, 0.2) is 34.9 Å². The summed E-state index contributed by atoms with van der Waals surface area (Å²) < 4.78 is 5.36.